The summed E-state index contributed by atoms with van der Waals surface area (Å²) in [5.74, 6) is 0.297. The summed E-state index contributed by atoms with van der Waals surface area (Å²) < 4.78 is 5.23. The van der Waals surface area contributed by atoms with Crippen molar-refractivity contribution in [3.05, 3.63) is 90.0 Å². The predicted molar refractivity (Wildman–Crippen MR) is 115 cm³/mol. The summed E-state index contributed by atoms with van der Waals surface area (Å²) in [6.45, 7) is 4.44. The van der Waals surface area contributed by atoms with Gasteiger partial charge in [0.2, 0.25) is 0 Å². The van der Waals surface area contributed by atoms with E-state index in [2.05, 4.69) is 67.2 Å². The van der Waals surface area contributed by atoms with Crippen molar-refractivity contribution >= 4 is 22.9 Å². The summed E-state index contributed by atoms with van der Waals surface area (Å²) in [5.41, 5.74) is 7.77. The zero-order valence-corrected chi connectivity index (χ0v) is 16.3. The molecule has 28 heavy (non-hydrogen) atoms. The molecule has 0 saturated carbocycles. The number of amides is 1. The molecule has 1 atom stereocenters. The number of benzene rings is 3. The Hall–Kier alpha value is -3.11. The Balaban J connectivity index is 1.55. The molecule has 0 bridgehead atoms. The lowest BCUT2D eigenvalue weighted by Gasteiger charge is -2.19. The molecule has 2 N–H and O–H groups in total. The molecule has 0 heterocycles. The van der Waals surface area contributed by atoms with Crippen LogP contribution in [0.4, 0.5) is 4.79 Å². The Morgan fingerprint density at radius 3 is 2.43 bits per heavy atom. The summed E-state index contributed by atoms with van der Waals surface area (Å²) in [7, 11) is 0. The van der Waals surface area contributed by atoms with Crippen LogP contribution in [0, 0.1) is 5.92 Å². The van der Waals surface area contributed by atoms with Gasteiger partial charge < -0.3 is 4.74 Å². The van der Waals surface area contributed by atoms with Crippen LogP contribution in [-0.2, 0) is 11.3 Å². The predicted octanol–water partition coefficient (Wildman–Crippen LogP) is 5.31. The molecular formula is C24H26N2O2. The van der Waals surface area contributed by atoms with E-state index in [9.17, 15) is 4.79 Å². The van der Waals surface area contributed by atoms with Crippen molar-refractivity contribution in [2.75, 3.05) is 0 Å². The first kappa shape index (κ1) is 19.6. The number of hydrogen-bond donors (Lipinski definition) is 2. The van der Waals surface area contributed by atoms with Gasteiger partial charge in [-0.3, -0.25) is 5.43 Å². The number of fused-ring (bicyclic) bond motifs is 1. The maximum Gasteiger partial charge on any atom is 0.421 e. The molecule has 3 aromatic rings. The fraction of sp³-hybridized carbons (Fsp3) is 0.208. The number of nitrogens with one attached hydrogen (secondary N) is 2. The Morgan fingerprint density at radius 2 is 1.68 bits per heavy atom. The van der Waals surface area contributed by atoms with Gasteiger partial charge >= 0.3 is 6.09 Å². The molecular weight excluding hydrogens is 348 g/mol. The number of carbonyl (C=O) groups excluding carboxylic acids is 1. The van der Waals surface area contributed by atoms with Crippen LogP contribution in [-0.4, -0.2) is 12.1 Å². The Morgan fingerprint density at radius 1 is 0.964 bits per heavy atom. The highest BCUT2D eigenvalue weighted by Gasteiger charge is 2.11. The van der Waals surface area contributed by atoms with Crippen molar-refractivity contribution in [2.24, 2.45) is 5.92 Å². The second-order valence-corrected chi connectivity index (χ2v) is 7.07. The van der Waals surface area contributed by atoms with Gasteiger partial charge in [-0.05, 0) is 33.9 Å². The number of hydrazine groups is 1. The van der Waals surface area contributed by atoms with Crippen LogP contribution >= 0.6 is 0 Å². The van der Waals surface area contributed by atoms with Crippen molar-refractivity contribution in [1.82, 2.24) is 10.9 Å². The topological polar surface area (TPSA) is 50.4 Å². The van der Waals surface area contributed by atoms with E-state index in [-0.39, 0.29) is 12.6 Å². The van der Waals surface area contributed by atoms with E-state index in [1.165, 1.54) is 10.8 Å². The molecule has 3 rings (SSSR count). The van der Waals surface area contributed by atoms with E-state index in [1.54, 1.807) is 0 Å². The van der Waals surface area contributed by atoms with Gasteiger partial charge in [0.05, 0.1) is 0 Å². The van der Waals surface area contributed by atoms with E-state index in [1.807, 2.05) is 42.5 Å². The van der Waals surface area contributed by atoms with E-state index >= 15 is 0 Å². The van der Waals surface area contributed by atoms with Gasteiger partial charge in [0.1, 0.15) is 6.61 Å². The molecule has 0 saturated heterocycles. The third kappa shape index (κ3) is 5.69. The van der Waals surface area contributed by atoms with Crippen LogP contribution in [0.3, 0.4) is 0 Å². The van der Waals surface area contributed by atoms with Crippen molar-refractivity contribution in [1.29, 1.82) is 0 Å². The molecule has 0 spiro atoms. The highest BCUT2D eigenvalue weighted by Crippen LogP contribution is 2.17. The number of rotatable bonds is 7. The van der Waals surface area contributed by atoms with Gasteiger partial charge in [0.15, 0.2) is 0 Å². The van der Waals surface area contributed by atoms with E-state index < -0.39 is 6.09 Å². The maximum atomic E-state index is 11.9. The summed E-state index contributed by atoms with van der Waals surface area (Å²) >= 11 is 0. The van der Waals surface area contributed by atoms with Crippen molar-refractivity contribution in [2.45, 2.75) is 26.5 Å². The molecule has 3 aromatic carbocycles. The summed E-state index contributed by atoms with van der Waals surface area (Å²) in [4.78, 5) is 11.9. The van der Waals surface area contributed by atoms with Gasteiger partial charge in [0.25, 0.3) is 0 Å². The zero-order chi connectivity index (χ0) is 19.8. The van der Waals surface area contributed by atoms with Crippen LogP contribution in [0.2, 0.25) is 0 Å². The minimum Gasteiger partial charge on any atom is -0.444 e. The molecule has 0 aliphatic rings. The molecule has 144 valence electrons. The van der Waals surface area contributed by atoms with Gasteiger partial charge in [-0.2, -0.15) is 0 Å². The monoisotopic (exact) mass is 374 g/mol. The highest BCUT2D eigenvalue weighted by molar-refractivity contribution is 5.84. The lowest BCUT2D eigenvalue weighted by molar-refractivity contribution is 0.132. The van der Waals surface area contributed by atoms with Crippen LogP contribution in [0.5, 0.6) is 0 Å². The standard InChI is InChI=1S/C24H26N2O2/c1-18(2)23(25-26-24(27)28-17-20-8-4-3-5-9-20)15-13-19-12-14-21-10-6-7-11-22(21)16-19/h3-16,18,23,25H,17H2,1-2H3,(H,26,27)/b15-13+/t23-/m0/s1. The molecule has 1 amide bonds. The van der Waals surface area contributed by atoms with Gasteiger partial charge in [-0.25, -0.2) is 10.2 Å². The summed E-state index contributed by atoms with van der Waals surface area (Å²) in [6, 6.07) is 24.3. The summed E-state index contributed by atoms with van der Waals surface area (Å²) in [5, 5.41) is 2.43. The SMILES string of the molecule is CC(C)[C@H](/C=C/c1ccc2ccccc2c1)NNC(=O)OCc1ccccc1. The zero-order valence-electron chi connectivity index (χ0n) is 16.3. The van der Waals surface area contributed by atoms with Crippen LogP contribution < -0.4 is 10.9 Å². The van der Waals surface area contributed by atoms with Crippen molar-refractivity contribution < 1.29 is 9.53 Å². The fourth-order valence-electron chi connectivity index (χ4n) is 2.86. The lowest BCUT2D eigenvalue weighted by Crippen LogP contribution is -2.45. The molecule has 0 radical (unpaired) electrons. The number of carbonyl (C=O) groups is 1. The first-order valence-electron chi connectivity index (χ1n) is 9.51. The van der Waals surface area contributed by atoms with E-state index in [4.69, 9.17) is 4.74 Å². The van der Waals surface area contributed by atoms with Crippen molar-refractivity contribution in [3.63, 3.8) is 0 Å². The average Bonchev–Trinajstić information content (AvgIpc) is 2.72. The Bertz CT molecular complexity index is 936. The third-order valence-corrected chi connectivity index (χ3v) is 4.54. The van der Waals surface area contributed by atoms with E-state index in [0.717, 1.165) is 11.1 Å². The third-order valence-electron chi connectivity index (χ3n) is 4.54. The van der Waals surface area contributed by atoms with Gasteiger partial charge in [0, 0.05) is 6.04 Å². The smallest absolute Gasteiger partial charge is 0.421 e. The molecule has 4 nitrogen and oxygen atoms in total. The average molecular weight is 374 g/mol. The van der Waals surface area contributed by atoms with Gasteiger partial charge in [-0.1, -0.05) is 92.7 Å². The lowest BCUT2D eigenvalue weighted by atomic mass is 10.0. The maximum absolute atomic E-state index is 11.9. The molecule has 0 unspecified atom stereocenters. The number of ether oxygens (including phenoxy) is 1. The minimum atomic E-state index is -0.492. The minimum absolute atomic E-state index is 0.0178. The second kappa shape index (κ2) is 9.72. The first-order valence-corrected chi connectivity index (χ1v) is 9.51. The van der Waals surface area contributed by atoms with Gasteiger partial charge in [-0.15, -0.1) is 0 Å². The summed E-state index contributed by atoms with van der Waals surface area (Å²) in [6.07, 6.45) is 3.64. The molecule has 0 aromatic heterocycles. The quantitative estimate of drug-likeness (QED) is 0.551. The Labute approximate surface area is 166 Å². The first-order chi connectivity index (χ1) is 13.6. The molecule has 0 fully saturated rings. The van der Waals surface area contributed by atoms with Crippen LogP contribution in [0.25, 0.3) is 16.8 Å². The highest BCUT2D eigenvalue weighted by atomic mass is 16.6. The largest absolute Gasteiger partial charge is 0.444 e. The molecule has 0 aliphatic heterocycles. The van der Waals surface area contributed by atoms with Crippen molar-refractivity contribution in [3.8, 4) is 0 Å². The number of hydrogen-bond acceptors (Lipinski definition) is 3. The van der Waals surface area contributed by atoms with Crippen LogP contribution in [0.15, 0.2) is 78.9 Å². The normalized spacial score (nSPS) is 12.4. The van der Waals surface area contributed by atoms with E-state index in [0.29, 0.717) is 5.92 Å². The Kier molecular flexibility index (Phi) is 6.82. The molecule has 0 aliphatic carbocycles. The van der Waals surface area contributed by atoms with Crippen LogP contribution in [0.1, 0.15) is 25.0 Å². The fourth-order valence-corrected chi connectivity index (χ4v) is 2.86. The molecule has 4 heteroatoms. The second-order valence-electron chi connectivity index (χ2n) is 7.07.